The zero-order valence-electron chi connectivity index (χ0n) is 21.1. The van der Waals surface area contributed by atoms with Crippen LogP contribution in [-0.2, 0) is 6.54 Å². The van der Waals surface area contributed by atoms with E-state index in [0.717, 1.165) is 16.7 Å². The highest BCUT2D eigenvalue weighted by atomic mass is 19.3. The Morgan fingerprint density at radius 3 is 2.62 bits per heavy atom. The summed E-state index contributed by atoms with van der Waals surface area (Å²) in [6.45, 7) is -0.0586. The first-order chi connectivity index (χ1) is 18.5. The summed E-state index contributed by atoms with van der Waals surface area (Å²) in [5.74, 6) is -4.25. The van der Waals surface area contributed by atoms with Gasteiger partial charge in [-0.25, -0.2) is 27.5 Å². The molecular weight excluding hydrogens is 518 g/mol. The number of phenols is 1. The number of methoxy groups -OCH3 is 1. The topological polar surface area (TPSA) is 92.5 Å². The Bertz CT molecular complexity index is 1590. The van der Waals surface area contributed by atoms with Crippen molar-refractivity contribution in [2.45, 2.75) is 24.9 Å². The number of pyridine rings is 1. The van der Waals surface area contributed by atoms with Crippen LogP contribution in [0, 0.1) is 11.6 Å². The van der Waals surface area contributed by atoms with E-state index in [1.807, 2.05) is 0 Å². The maximum absolute atomic E-state index is 14.5. The van der Waals surface area contributed by atoms with Crippen molar-refractivity contribution < 1.29 is 27.4 Å². The second-order valence-corrected chi connectivity index (χ2v) is 9.65. The molecular formula is C27H25F4N5O3. The first-order valence-electron chi connectivity index (χ1n) is 12.1. The van der Waals surface area contributed by atoms with Crippen molar-refractivity contribution in [1.82, 2.24) is 24.8 Å². The molecule has 0 amide bonds. The number of halogens is 4. The lowest BCUT2D eigenvalue weighted by molar-refractivity contribution is 0.0201. The molecule has 5 rings (SSSR count). The van der Waals surface area contributed by atoms with Crippen molar-refractivity contribution in [2.24, 2.45) is 0 Å². The van der Waals surface area contributed by atoms with E-state index in [-0.39, 0.29) is 47.7 Å². The zero-order valence-corrected chi connectivity index (χ0v) is 21.1. The van der Waals surface area contributed by atoms with Crippen molar-refractivity contribution in [3.05, 3.63) is 76.5 Å². The molecule has 0 spiro atoms. The van der Waals surface area contributed by atoms with E-state index in [1.54, 1.807) is 18.0 Å². The van der Waals surface area contributed by atoms with Crippen LogP contribution < -0.4 is 15.6 Å². The molecule has 1 aliphatic rings. The van der Waals surface area contributed by atoms with Crippen LogP contribution in [0.15, 0.2) is 53.7 Å². The standard InChI is InChI=1S/C27H25F4N5O3/c1-35(11-18-9-27(30,31)13-33-18)12-23-22(15-3-16(28)7-21(4-15)39-2)10-32-25-24(23)26(38)36(14-34-25)19-5-17(29)6-20(37)8-19/h3-8,10,14,18,33,37H,9,11-13H2,1-2H3/t18-/m0/s1. The van der Waals surface area contributed by atoms with Gasteiger partial charge in [0.05, 0.1) is 24.7 Å². The first kappa shape index (κ1) is 26.6. The second-order valence-electron chi connectivity index (χ2n) is 9.65. The fraction of sp³-hybridized carbons (Fsp3) is 0.296. The van der Waals surface area contributed by atoms with E-state index < -0.39 is 35.7 Å². The van der Waals surface area contributed by atoms with Gasteiger partial charge in [-0.05, 0) is 36.4 Å². The van der Waals surface area contributed by atoms with Crippen LogP contribution in [0.2, 0.25) is 0 Å². The number of rotatable bonds is 7. The fourth-order valence-corrected chi connectivity index (χ4v) is 4.92. The van der Waals surface area contributed by atoms with Gasteiger partial charge in [-0.15, -0.1) is 0 Å². The van der Waals surface area contributed by atoms with Crippen molar-refractivity contribution in [2.75, 3.05) is 27.2 Å². The van der Waals surface area contributed by atoms with Crippen LogP contribution in [0.5, 0.6) is 11.5 Å². The lowest BCUT2D eigenvalue weighted by atomic mass is 9.98. The molecule has 39 heavy (non-hydrogen) atoms. The number of nitrogens with one attached hydrogen (secondary N) is 1. The Morgan fingerprint density at radius 2 is 1.92 bits per heavy atom. The number of phenolic OH excluding ortho intramolecular Hbond substituents is 1. The Hall–Kier alpha value is -4.03. The molecule has 4 aromatic rings. The summed E-state index contributed by atoms with van der Waals surface area (Å²) < 4.78 is 62.3. The summed E-state index contributed by atoms with van der Waals surface area (Å²) in [5.41, 5.74) is 0.757. The van der Waals surface area contributed by atoms with Crippen molar-refractivity contribution in [3.63, 3.8) is 0 Å². The van der Waals surface area contributed by atoms with Gasteiger partial charge in [-0.3, -0.25) is 9.36 Å². The molecule has 0 saturated carbocycles. The van der Waals surface area contributed by atoms with Crippen molar-refractivity contribution >= 4 is 11.0 Å². The minimum atomic E-state index is -2.80. The van der Waals surface area contributed by atoms with Crippen LogP contribution >= 0.6 is 0 Å². The molecule has 0 unspecified atom stereocenters. The number of ether oxygens (including phenoxy) is 1. The Labute approximate surface area is 220 Å². The van der Waals surface area contributed by atoms with Gasteiger partial charge >= 0.3 is 0 Å². The summed E-state index contributed by atoms with van der Waals surface area (Å²) in [5, 5.41) is 12.8. The summed E-state index contributed by atoms with van der Waals surface area (Å²) in [7, 11) is 3.12. The van der Waals surface area contributed by atoms with E-state index >= 15 is 0 Å². The normalized spacial score (nSPS) is 16.7. The predicted molar refractivity (Wildman–Crippen MR) is 136 cm³/mol. The zero-order chi connectivity index (χ0) is 27.9. The predicted octanol–water partition coefficient (Wildman–Crippen LogP) is 3.87. The third-order valence-corrected chi connectivity index (χ3v) is 6.61. The van der Waals surface area contributed by atoms with Gasteiger partial charge in [-0.1, -0.05) is 0 Å². The van der Waals surface area contributed by atoms with Crippen LogP contribution in [0.3, 0.4) is 0 Å². The van der Waals surface area contributed by atoms with Gasteiger partial charge in [0.15, 0.2) is 5.65 Å². The van der Waals surface area contributed by atoms with Crippen LogP contribution in [0.4, 0.5) is 17.6 Å². The highest BCUT2D eigenvalue weighted by Gasteiger charge is 2.39. The average molecular weight is 544 g/mol. The SMILES string of the molecule is COc1cc(F)cc(-c2cnc3ncn(-c4cc(O)cc(F)c4)c(=O)c3c2CN(C)C[C@@H]2CC(F)(F)CN2)c1. The van der Waals surface area contributed by atoms with E-state index in [0.29, 0.717) is 16.7 Å². The molecule has 0 bridgehead atoms. The van der Waals surface area contributed by atoms with E-state index in [4.69, 9.17) is 4.74 Å². The number of benzene rings is 2. The fourth-order valence-electron chi connectivity index (χ4n) is 4.92. The smallest absolute Gasteiger partial charge is 0.267 e. The molecule has 1 atom stereocenters. The maximum Gasteiger partial charge on any atom is 0.267 e. The highest BCUT2D eigenvalue weighted by molar-refractivity contribution is 5.86. The Kier molecular flexibility index (Phi) is 7.00. The summed E-state index contributed by atoms with van der Waals surface area (Å²) in [6.07, 6.45) is 2.32. The largest absolute Gasteiger partial charge is 0.508 e. The van der Waals surface area contributed by atoms with Gasteiger partial charge in [0.1, 0.15) is 29.5 Å². The minimum Gasteiger partial charge on any atom is -0.508 e. The molecule has 0 aliphatic carbocycles. The molecule has 2 aromatic heterocycles. The number of aromatic hydroxyl groups is 1. The highest BCUT2D eigenvalue weighted by Crippen LogP contribution is 2.32. The van der Waals surface area contributed by atoms with Crippen LogP contribution in [-0.4, -0.2) is 63.8 Å². The van der Waals surface area contributed by atoms with E-state index in [2.05, 4.69) is 15.3 Å². The number of alkyl halides is 2. The monoisotopic (exact) mass is 543 g/mol. The van der Waals surface area contributed by atoms with Crippen molar-refractivity contribution in [3.8, 4) is 28.3 Å². The van der Waals surface area contributed by atoms with Gasteiger partial charge in [-0.2, -0.15) is 0 Å². The first-order valence-corrected chi connectivity index (χ1v) is 12.1. The average Bonchev–Trinajstić information content (AvgIpc) is 3.20. The number of hydrogen-bond donors (Lipinski definition) is 2. The van der Waals surface area contributed by atoms with Gasteiger partial charge in [0.2, 0.25) is 0 Å². The summed E-state index contributed by atoms with van der Waals surface area (Å²) in [4.78, 5) is 24.2. The lowest BCUT2D eigenvalue weighted by Crippen LogP contribution is -2.35. The maximum atomic E-state index is 14.5. The Morgan fingerprint density at radius 1 is 1.15 bits per heavy atom. The summed E-state index contributed by atoms with van der Waals surface area (Å²) >= 11 is 0. The van der Waals surface area contributed by atoms with Gasteiger partial charge in [0.25, 0.3) is 11.5 Å². The molecule has 204 valence electrons. The number of aromatic nitrogens is 3. The van der Waals surface area contributed by atoms with Crippen molar-refractivity contribution in [1.29, 1.82) is 0 Å². The molecule has 3 heterocycles. The van der Waals surface area contributed by atoms with Gasteiger partial charge in [0, 0.05) is 55.5 Å². The number of nitrogens with zero attached hydrogens (tertiary/aromatic N) is 4. The number of fused-ring (bicyclic) bond motifs is 1. The molecule has 1 saturated heterocycles. The van der Waals surface area contributed by atoms with Crippen LogP contribution in [0.25, 0.3) is 27.8 Å². The van der Waals surface area contributed by atoms with Gasteiger partial charge < -0.3 is 20.1 Å². The van der Waals surface area contributed by atoms with E-state index in [1.165, 1.54) is 37.8 Å². The lowest BCUT2D eigenvalue weighted by Gasteiger charge is -2.23. The minimum absolute atomic E-state index is 0.0430. The Balaban J connectivity index is 1.67. The number of hydrogen-bond acceptors (Lipinski definition) is 7. The van der Waals surface area contributed by atoms with E-state index in [9.17, 15) is 27.5 Å². The second kappa shape index (κ2) is 10.3. The van der Waals surface area contributed by atoms with Crippen LogP contribution in [0.1, 0.15) is 12.0 Å². The molecule has 0 radical (unpaired) electrons. The molecule has 12 heteroatoms. The molecule has 2 N–H and O–H groups in total. The molecule has 1 fully saturated rings. The molecule has 2 aromatic carbocycles. The molecule has 8 nitrogen and oxygen atoms in total. The summed E-state index contributed by atoms with van der Waals surface area (Å²) in [6, 6.07) is 6.79. The number of likely N-dealkylation sites (N-methyl/N-ethyl adjacent to an activating group) is 1. The third-order valence-electron chi connectivity index (χ3n) is 6.61. The molecule has 1 aliphatic heterocycles. The quantitative estimate of drug-likeness (QED) is 0.342. The third kappa shape index (κ3) is 5.57.